The Labute approximate surface area is 136 Å². The van der Waals surface area contributed by atoms with E-state index in [2.05, 4.69) is 29.6 Å². The molecule has 0 aliphatic heterocycles. The van der Waals surface area contributed by atoms with Crippen molar-refractivity contribution < 1.29 is 9.53 Å². The maximum atomic E-state index is 11.3. The number of carbonyl (C=O) groups is 1. The Bertz CT molecular complexity index is 613. The van der Waals surface area contributed by atoms with Crippen LogP contribution in [0.5, 0.6) is 5.75 Å². The van der Waals surface area contributed by atoms with Crippen LogP contribution in [-0.4, -0.2) is 35.4 Å². The zero-order valence-corrected chi connectivity index (χ0v) is 13.8. The minimum atomic E-state index is -0.145. The maximum absolute atomic E-state index is 11.3. The number of nitrogens with zero attached hydrogens (tertiary/aromatic N) is 2. The summed E-state index contributed by atoms with van der Waals surface area (Å²) < 4.78 is 7.52. The van der Waals surface area contributed by atoms with E-state index >= 15 is 0 Å². The van der Waals surface area contributed by atoms with Gasteiger partial charge >= 0.3 is 0 Å². The molecule has 2 N–H and O–H groups in total. The lowest BCUT2D eigenvalue weighted by molar-refractivity contribution is -0.122. The van der Waals surface area contributed by atoms with Gasteiger partial charge in [0.25, 0.3) is 5.91 Å². The number of likely N-dealkylation sites (N-methyl/N-ethyl adjacent to an activating group) is 1. The van der Waals surface area contributed by atoms with Gasteiger partial charge in [0.05, 0.1) is 6.04 Å². The first-order valence-corrected chi connectivity index (χ1v) is 7.75. The fourth-order valence-corrected chi connectivity index (χ4v) is 2.20. The van der Waals surface area contributed by atoms with Crippen LogP contribution in [-0.2, 0) is 11.3 Å². The number of rotatable bonds is 8. The number of carbonyl (C=O) groups excluding carboxylic acids is 1. The van der Waals surface area contributed by atoms with Gasteiger partial charge in [-0.05, 0) is 26.0 Å². The van der Waals surface area contributed by atoms with Crippen LogP contribution in [0.4, 0.5) is 0 Å². The van der Waals surface area contributed by atoms with E-state index in [1.807, 2.05) is 41.2 Å². The third-order valence-electron chi connectivity index (χ3n) is 3.89. The van der Waals surface area contributed by atoms with Crippen molar-refractivity contribution >= 4 is 5.91 Å². The summed E-state index contributed by atoms with van der Waals surface area (Å²) in [5.41, 5.74) is 1.02. The fraction of sp³-hybridized carbons (Fsp3) is 0.412. The molecule has 2 aromatic rings. The molecule has 2 rings (SSSR count). The van der Waals surface area contributed by atoms with Crippen LogP contribution in [0.1, 0.15) is 25.5 Å². The Morgan fingerprint density at radius 3 is 2.78 bits per heavy atom. The second kappa shape index (κ2) is 8.33. The summed E-state index contributed by atoms with van der Waals surface area (Å²) in [4.78, 5) is 11.3. The van der Waals surface area contributed by atoms with Gasteiger partial charge in [-0.15, -0.1) is 0 Å². The van der Waals surface area contributed by atoms with Crippen LogP contribution in [0.3, 0.4) is 0 Å². The van der Waals surface area contributed by atoms with Gasteiger partial charge in [0.2, 0.25) is 0 Å². The summed E-state index contributed by atoms with van der Waals surface area (Å²) in [7, 11) is 1.59. The number of ether oxygens (including phenoxy) is 1. The predicted molar refractivity (Wildman–Crippen MR) is 89.2 cm³/mol. The highest BCUT2D eigenvalue weighted by atomic mass is 16.5. The van der Waals surface area contributed by atoms with Crippen molar-refractivity contribution in [1.82, 2.24) is 20.4 Å². The lowest BCUT2D eigenvalue weighted by atomic mass is 10.1. The Morgan fingerprint density at radius 1 is 1.30 bits per heavy atom. The van der Waals surface area contributed by atoms with Crippen LogP contribution in [0, 0.1) is 0 Å². The van der Waals surface area contributed by atoms with Crippen molar-refractivity contribution in [2.24, 2.45) is 0 Å². The highest BCUT2D eigenvalue weighted by Crippen LogP contribution is 2.18. The molecule has 0 radical (unpaired) electrons. The smallest absolute Gasteiger partial charge is 0.257 e. The molecule has 0 aliphatic carbocycles. The van der Waals surface area contributed by atoms with Crippen molar-refractivity contribution in [3.8, 4) is 5.75 Å². The fourth-order valence-electron chi connectivity index (χ4n) is 2.20. The number of hydrogen-bond acceptors (Lipinski definition) is 4. The molecule has 124 valence electrons. The standard InChI is InChI=1S/C17H24N4O2/c1-13(14(2)21-10-6-9-20-21)19-11-15-7-4-5-8-16(15)23-12-17(22)18-3/h4-10,13-14,19H,11-12H2,1-3H3,(H,18,22)/t13-,14+/m1/s1. The molecule has 1 heterocycles. The van der Waals surface area contributed by atoms with Crippen molar-refractivity contribution in [1.29, 1.82) is 0 Å². The molecule has 2 atom stereocenters. The van der Waals surface area contributed by atoms with E-state index in [1.165, 1.54) is 0 Å². The Balaban J connectivity index is 1.93. The number of aromatic nitrogens is 2. The maximum Gasteiger partial charge on any atom is 0.257 e. The van der Waals surface area contributed by atoms with E-state index < -0.39 is 0 Å². The number of hydrogen-bond donors (Lipinski definition) is 2. The molecule has 1 aromatic carbocycles. The second-order valence-electron chi connectivity index (χ2n) is 5.47. The monoisotopic (exact) mass is 316 g/mol. The lowest BCUT2D eigenvalue weighted by Gasteiger charge is -2.22. The summed E-state index contributed by atoms with van der Waals surface area (Å²) >= 11 is 0. The molecule has 23 heavy (non-hydrogen) atoms. The quantitative estimate of drug-likeness (QED) is 0.778. The lowest BCUT2D eigenvalue weighted by Crippen LogP contribution is -2.33. The minimum absolute atomic E-state index is 0.0206. The molecule has 0 unspecified atom stereocenters. The first-order chi connectivity index (χ1) is 11.1. The van der Waals surface area contributed by atoms with Crippen LogP contribution >= 0.6 is 0 Å². The summed E-state index contributed by atoms with van der Waals surface area (Å²) in [6.07, 6.45) is 3.74. The van der Waals surface area contributed by atoms with E-state index in [9.17, 15) is 4.79 Å². The minimum Gasteiger partial charge on any atom is -0.483 e. The molecule has 6 heteroatoms. The first kappa shape index (κ1) is 17.0. The van der Waals surface area contributed by atoms with Crippen LogP contribution in [0.2, 0.25) is 0 Å². The topological polar surface area (TPSA) is 68.2 Å². The van der Waals surface area contributed by atoms with Gasteiger partial charge in [-0.25, -0.2) is 0 Å². The molecule has 6 nitrogen and oxygen atoms in total. The van der Waals surface area contributed by atoms with E-state index in [1.54, 1.807) is 13.2 Å². The van der Waals surface area contributed by atoms with Gasteiger partial charge in [-0.2, -0.15) is 5.10 Å². The average molecular weight is 316 g/mol. The third kappa shape index (κ3) is 4.82. The van der Waals surface area contributed by atoms with Gasteiger partial charge in [-0.3, -0.25) is 9.48 Å². The molecule has 0 spiro atoms. The van der Waals surface area contributed by atoms with Gasteiger partial charge in [0, 0.05) is 37.6 Å². The normalized spacial score (nSPS) is 13.3. The zero-order chi connectivity index (χ0) is 16.7. The molecular formula is C17H24N4O2. The van der Waals surface area contributed by atoms with Crippen molar-refractivity contribution in [2.45, 2.75) is 32.5 Å². The molecule has 0 aliphatic rings. The summed E-state index contributed by atoms with van der Waals surface area (Å²) in [6.45, 7) is 4.93. The zero-order valence-electron chi connectivity index (χ0n) is 13.8. The first-order valence-electron chi connectivity index (χ1n) is 7.75. The number of amides is 1. The summed E-state index contributed by atoms with van der Waals surface area (Å²) in [5.74, 6) is 0.580. The predicted octanol–water partition coefficient (Wildman–Crippen LogP) is 1.75. The number of benzene rings is 1. The highest BCUT2D eigenvalue weighted by Gasteiger charge is 2.14. The Kier molecular flexibility index (Phi) is 6.17. The number of para-hydroxylation sites is 1. The van der Waals surface area contributed by atoms with Crippen LogP contribution in [0.25, 0.3) is 0 Å². The second-order valence-corrected chi connectivity index (χ2v) is 5.47. The Morgan fingerprint density at radius 2 is 2.09 bits per heavy atom. The van der Waals surface area contributed by atoms with E-state index in [0.29, 0.717) is 6.54 Å². The number of nitrogens with one attached hydrogen (secondary N) is 2. The molecule has 0 saturated carbocycles. The average Bonchev–Trinajstić information content (AvgIpc) is 3.12. The molecule has 0 fully saturated rings. The van der Waals surface area contributed by atoms with Crippen molar-refractivity contribution in [2.75, 3.05) is 13.7 Å². The van der Waals surface area contributed by atoms with E-state index in [-0.39, 0.29) is 24.6 Å². The third-order valence-corrected chi connectivity index (χ3v) is 3.89. The van der Waals surface area contributed by atoms with Gasteiger partial charge in [0.1, 0.15) is 5.75 Å². The van der Waals surface area contributed by atoms with Crippen LogP contribution in [0.15, 0.2) is 42.7 Å². The van der Waals surface area contributed by atoms with Crippen molar-refractivity contribution in [3.05, 3.63) is 48.3 Å². The van der Waals surface area contributed by atoms with E-state index in [4.69, 9.17) is 4.74 Å². The van der Waals surface area contributed by atoms with E-state index in [0.717, 1.165) is 11.3 Å². The molecular weight excluding hydrogens is 292 g/mol. The highest BCUT2D eigenvalue weighted by molar-refractivity contribution is 5.77. The molecule has 0 bridgehead atoms. The largest absolute Gasteiger partial charge is 0.483 e. The SMILES string of the molecule is CNC(=O)COc1ccccc1CN[C@H](C)[C@H](C)n1cccn1. The van der Waals surface area contributed by atoms with Gasteiger partial charge in [-0.1, -0.05) is 18.2 Å². The molecule has 0 saturated heterocycles. The molecule has 1 amide bonds. The van der Waals surface area contributed by atoms with Gasteiger partial charge < -0.3 is 15.4 Å². The molecule has 1 aromatic heterocycles. The summed E-state index contributed by atoms with van der Waals surface area (Å²) in [5, 5.41) is 10.3. The Hall–Kier alpha value is -2.34. The van der Waals surface area contributed by atoms with Crippen molar-refractivity contribution in [3.63, 3.8) is 0 Å². The van der Waals surface area contributed by atoms with Crippen LogP contribution < -0.4 is 15.4 Å². The summed E-state index contributed by atoms with van der Waals surface area (Å²) in [6, 6.07) is 10.1. The van der Waals surface area contributed by atoms with Gasteiger partial charge in [0.15, 0.2) is 6.61 Å².